The summed E-state index contributed by atoms with van der Waals surface area (Å²) in [6, 6.07) is 2.57. The molecule has 1 aromatic carbocycles. The van der Waals surface area contributed by atoms with Crippen molar-refractivity contribution >= 4 is 5.78 Å². The summed E-state index contributed by atoms with van der Waals surface area (Å²) in [7, 11) is 1.38. The standard InChI is InChI=1S/C20H25FO5/c1-4-5-13-10-20(19(9-16(13)22)25-11-26-20)12(2)6-14-7-17(23)18(24-3)8-15(14)21/h7-9,12-13,23H,4-6,10-11H2,1-3H3/t12-,13-,20+/m0/s1. The largest absolute Gasteiger partial charge is 0.504 e. The van der Waals surface area contributed by atoms with Crippen LogP contribution in [0.5, 0.6) is 11.5 Å². The predicted molar refractivity (Wildman–Crippen MR) is 93.4 cm³/mol. The number of phenolic OH excluding ortho intramolecular Hbond substituents is 1. The molecule has 1 aromatic rings. The molecule has 1 N–H and O–H groups in total. The highest BCUT2D eigenvalue weighted by atomic mass is 19.1. The summed E-state index contributed by atoms with van der Waals surface area (Å²) in [6.07, 6.45) is 4.13. The molecule has 0 radical (unpaired) electrons. The zero-order valence-corrected chi connectivity index (χ0v) is 15.4. The summed E-state index contributed by atoms with van der Waals surface area (Å²) in [5.41, 5.74) is -0.348. The van der Waals surface area contributed by atoms with E-state index in [4.69, 9.17) is 14.2 Å². The molecular formula is C20H25FO5. The second-order valence-electron chi connectivity index (χ2n) is 7.12. The smallest absolute Gasteiger partial charge is 0.189 e. The highest BCUT2D eigenvalue weighted by Gasteiger charge is 2.51. The van der Waals surface area contributed by atoms with Crippen molar-refractivity contribution in [3.05, 3.63) is 35.3 Å². The molecule has 0 spiro atoms. The van der Waals surface area contributed by atoms with Gasteiger partial charge in [-0.25, -0.2) is 4.39 Å². The Labute approximate surface area is 152 Å². The first-order valence-electron chi connectivity index (χ1n) is 8.99. The summed E-state index contributed by atoms with van der Waals surface area (Å²) < 4.78 is 30.9. The normalized spacial score (nSPS) is 26.1. The summed E-state index contributed by atoms with van der Waals surface area (Å²) >= 11 is 0. The number of methoxy groups -OCH3 is 1. The number of hydrogen-bond donors (Lipinski definition) is 1. The number of ketones is 1. The lowest BCUT2D eigenvalue weighted by Gasteiger charge is -2.38. The fourth-order valence-corrected chi connectivity index (χ4v) is 4.01. The van der Waals surface area contributed by atoms with Gasteiger partial charge in [0.05, 0.1) is 7.11 Å². The van der Waals surface area contributed by atoms with Crippen molar-refractivity contribution in [1.29, 1.82) is 0 Å². The van der Waals surface area contributed by atoms with Gasteiger partial charge in [0.2, 0.25) is 0 Å². The lowest BCUT2D eigenvalue weighted by molar-refractivity contribution is -0.123. The van der Waals surface area contributed by atoms with Gasteiger partial charge in [-0.2, -0.15) is 0 Å². The molecule has 0 amide bonds. The van der Waals surface area contributed by atoms with Crippen molar-refractivity contribution < 1.29 is 28.5 Å². The Bertz CT molecular complexity index is 729. The second-order valence-corrected chi connectivity index (χ2v) is 7.12. The molecule has 3 atom stereocenters. The van der Waals surface area contributed by atoms with Gasteiger partial charge in [0.1, 0.15) is 17.2 Å². The van der Waals surface area contributed by atoms with Crippen LogP contribution >= 0.6 is 0 Å². The monoisotopic (exact) mass is 364 g/mol. The van der Waals surface area contributed by atoms with Crippen LogP contribution in [0, 0.1) is 17.7 Å². The van der Waals surface area contributed by atoms with E-state index < -0.39 is 11.4 Å². The van der Waals surface area contributed by atoms with Gasteiger partial charge in [0.15, 0.2) is 24.1 Å². The SMILES string of the molecule is CCC[C@H]1C[C@]2([C@@H](C)Cc3cc(O)c(OC)cc3F)OCOC2=CC1=O. The molecule has 26 heavy (non-hydrogen) atoms. The summed E-state index contributed by atoms with van der Waals surface area (Å²) in [4.78, 5) is 12.3. The number of halogens is 1. The van der Waals surface area contributed by atoms with Gasteiger partial charge in [0.25, 0.3) is 0 Å². The Morgan fingerprint density at radius 2 is 2.23 bits per heavy atom. The molecule has 2 aliphatic rings. The Morgan fingerprint density at radius 3 is 2.92 bits per heavy atom. The number of carbonyl (C=O) groups excluding carboxylic acids is 1. The van der Waals surface area contributed by atoms with Gasteiger partial charge < -0.3 is 19.3 Å². The molecule has 142 valence electrons. The number of ether oxygens (including phenoxy) is 3. The zero-order valence-electron chi connectivity index (χ0n) is 15.4. The van der Waals surface area contributed by atoms with Crippen LogP contribution in [0.1, 0.15) is 38.7 Å². The Morgan fingerprint density at radius 1 is 1.46 bits per heavy atom. The van der Waals surface area contributed by atoms with E-state index in [1.54, 1.807) is 6.08 Å². The fraction of sp³-hybridized carbons (Fsp3) is 0.550. The number of carbonyl (C=O) groups is 1. The molecule has 1 saturated heterocycles. The highest BCUT2D eigenvalue weighted by Crippen LogP contribution is 2.46. The molecule has 0 saturated carbocycles. The van der Waals surface area contributed by atoms with Gasteiger partial charge in [-0.15, -0.1) is 0 Å². The summed E-state index contributed by atoms with van der Waals surface area (Å²) in [5, 5.41) is 9.97. The number of allylic oxidation sites excluding steroid dienone is 1. The lowest BCUT2D eigenvalue weighted by Crippen LogP contribution is -2.45. The topological polar surface area (TPSA) is 65.0 Å². The van der Waals surface area contributed by atoms with Crippen molar-refractivity contribution in [3.63, 3.8) is 0 Å². The second kappa shape index (κ2) is 7.27. The Balaban J connectivity index is 1.88. The molecule has 6 heteroatoms. The molecule has 3 rings (SSSR count). The Hall–Kier alpha value is -2.08. The third-order valence-corrected chi connectivity index (χ3v) is 5.48. The molecule has 5 nitrogen and oxygen atoms in total. The van der Waals surface area contributed by atoms with Crippen molar-refractivity contribution in [2.45, 2.75) is 45.1 Å². The fourth-order valence-electron chi connectivity index (χ4n) is 4.01. The van der Waals surface area contributed by atoms with E-state index in [0.717, 1.165) is 12.8 Å². The van der Waals surface area contributed by atoms with E-state index in [0.29, 0.717) is 24.2 Å². The van der Waals surface area contributed by atoms with Crippen LogP contribution in [0.4, 0.5) is 4.39 Å². The molecule has 0 aromatic heterocycles. The maximum absolute atomic E-state index is 14.4. The van der Waals surface area contributed by atoms with E-state index >= 15 is 0 Å². The maximum atomic E-state index is 14.4. The van der Waals surface area contributed by atoms with E-state index in [9.17, 15) is 14.3 Å². The van der Waals surface area contributed by atoms with Crippen molar-refractivity contribution in [1.82, 2.24) is 0 Å². The summed E-state index contributed by atoms with van der Waals surface area (Å²) in [6.45, 7) is 4.10. The van der Waals surface area contributed by atoms with Gasteiger partial charge in [-0.1, -0.05) is 20.3 Å². The van der Waals surface area contributed by atoms with Crippen LogP contribution in [0.2, 0.25) is 0 Å². The highest BCUT2D eigenvalue weighted by molar-refractivity contribution is 5.93. The number of aromatic hydroxyl groups is 1. The third kappa shape index (κ3) is 3.18. The molecular weight excluding hydrogens is 339 g/mol. The van der Waals surface area contributed by atoms with Crippen LogP contribution < -0.4 is 4.74 Å². The molecule has 0 bridgehead atoms. The van der Waals surface area contributed by atoms with Crippen LogP contribution in [-0.4, -0.2) is 30.4 Å². The van der Waals surface area contributed by atoms with Crippen LogP contribution in [0.25, 0.3) is 0 Å². The number of benzene rings is 1. The van der Waals surface area contributed by atoms with Crippen LogP contribution in [-0.2, 0) is 20.7 Å². The van der Waals surface area contributed by atoms with E-state index in [1.807, 2.05) is 13.8 Å². The van der Waals surface area contributed by atoms with Gasteiger partial charge in [-0.3, -0.25) is 4.79 Å². The van der Waals surface area contributed by atoms with E-state index in [2.05, 4.69) is 0 Å². The minimum Gasteiger partial charge on any atom is -0.504 e. The van der Waals surface area contributed by atoms with Crippen LogP contribution in [0.3, 0.4) is 0 Å². The first-order valence-corrected chi connectivity index (χ1v) is 8.99. The lowest BCUT2D eigenvalue weighted by atomic mass is 9.71. The number of fused-ring (bicyclic) bond motifs is 1. The average molecular weight is 364 g/mol. The minimum absolute atomic E-state index is 0.0726. The van der Waals surface area contributed by atoms with Crippen molar-refractivity contribution in [2.24, 2.45) is 11.8 Å². The Kier molecular flexibility index (Phi) is 5.23. The van der Waals surface area contributed by atoms with Gasteiger partial charge >= 0.3 is 0 Å². The van der Waals surface area contributed by atoms with Crippen LogP contribution in [0.15, 0.2) is 24.0 Å². The first kappa shape index (κ1) is 18.7. The van der Waals surface area contributed by atoms with Crippen molar-refractivity contribution in [3.8, 4) is 11.5 Å². The predicted octanol–water partition coefficient (Wildman–Crippen LogP) is 3.73. The maximum Gasteiger partial charge on any atom is 0.189 e. The summed E-state index contributed by atoms with van der Waals surface area (Å²) in [5.74, 6) is -0.0682. The molecule has 1 aliphatic carbocycles. The molecule has 1 aliphatic heterocycles. The average Bonchev–Trinajstić information content (AvgIpc) is 3.02. The third-order valence-electron chi connectivity index (χ3n) is 5.48. The zero-order chi connectivity index (χ0) is 18.9. The molecule has 0 unspecified atom stereocenters. The quantitative estimate of drug-likeness (QED) is 0.833. The number of hydrogen-bond acceptors (Lipinski definition) is 5. The van der Waals surface area contributed by atoms with Gasteiger partial charge in [0, 0.05) is 18.1 Å². The number of phenols is 1. The first-order chi connectivity index (χ1) is 12.4. The van der Waals surface area contributed by atoms with E-state index in [-0.39, 0.29) is 35.9 Å². The van der Waals surface area contributed by atoms with E-state index in [1.165, 1.54) is 19.2 Å². The minimum atomic E-state index is -0.726. The molecule has 1 heterocycles. The molecule has 1 fully saturated rings. The van der Waals surface area contributed by atoms with Crippen molar-refractivity contribution in [2.75, 3.05) is 13.9 Å². The van der Waals surface area contributed by atoms with Gasteiger partial charge in [-0.05, 0) is 36.8 Å². The number of rotatable bonds is 6.